The van der Waals surface area contributed by atoms with Gasteiger partial charge in [0, 0.05) is 15.0 Å². The van der Waals surface area contributed by atoms with Gasteiger partial charge in [-0.2, -0.15) is 0 Å². The Morgan fingerprint density at radius 3 is 2.55 bits per heavy atom. The maximum Gasteiger partial charge on any atom is 0.343 e. The van der Waals surface area contributed by atoms with E-state index in [1.54, 1.807) is 6.07 Å². The number of nitro groups is 1. The quantitative estimate of drug-likeness (QED) is 0.353. The standard InChI is InChI=1S/C9H8BrNO5.C8H6BrNO2.CH4/c1-15-9(12)5-16-8-3-2-6(10)4-7(8)11(13)14;9-5-1-2-7-6(3-5)10-8(11)4-12-7;/h2-4H,5H2,1H3;1-3H,4H2,(H,10,11);1H4. The molecule has 0 bridgehead atoms. The number of hydrogen-bond donors (Lipinski definition) is 1. The Morgan fingerprint density at radius 1 is 1.24 bits per heavy atom. The van der Waals surface area contributed by atoms with E-state index in [1.165, 1.54) is 19.2 Å². The highest BCUT2D eigenvalue weighted by Gasteiger charge is 2.17. The van der Waals surface area contributed by atoms with Crippen molar-refractivity contribution in [1.82, 2.24) is 0 Å². The molecule has 9 nitrogen and oxygen atoms in total. The summed E-state index contributed by atoms with van der Waals surface area (Å²) in [5.74, 6) is 0.0363. The van der Waals surface area contributed by atoms with Gasteiger partial charge in [-0.1, -0.05) is 39.3 Å². The van der Waals surface area contributed by atoms with Gasteiger partial charge < -0.3 is 19.5 Å². The molecule has 156 valence electrons. The van der Waals surface area contributed by atoms with E-state index < -0.39 is 10.9 Å². The number of carbonyl (C=O) groups is 2. The van der Waals surface area contributed by atoms with Crippen molar-refractivity contribution in [3.63, 3.8) is 0 Å². The van der Waals surface area contributed by atoms with Crippen LogP contribution in [0.25, 0.3) is 0 Å². The first-order chi connectivity index (χ1) is 13.3. The molecule has 29 heavy (non-hydrogen) atoms. The van der Waals surface area contributed by atoms with Crippen LogP contribution < -0.4 is 14.8 Å². The number of carbonyl (C=O) groups excluding carboxylic acids is 2. The van der Waals surface area contributed by atoms with E-state index in [2.05, 4.69) is 41.9 Å². The number of rotatable bonds is 4. The minimum atomic E-state index is -0.600. The summed E-state index contributed by atoms with van der Waals surface area (Å²) in [6.45, 7) is -0.256. The van der Waals surface area contributed by atoms with Crippen LogP contribution in [0.4, 0.5) is 11.4 Å². The van der Waals surface area contributed by atoms with Crippen molar-refractivity contribution in [3.8, 4) is 11.5 Å². The Morgan fingerprint density at radius 2 is 1.90 bits per heavy atom. The second kappa shape index (κ2) is 11.4. The van der Waals surface area contributed by atoms with Crippen LogP contribution in [0.5, 0.6) is 11.5 Å². The second-order valence-electron chi connectivity index (χ2n) is 5.21. The van der Waals surface area contributed by atoms with Gasteiger partial charge in [0.25, 0.3) is 5.91 Å². The van der Waals surface area contributed by atoms with Crippen molar-refractivity contribution in [2.75, 3.05) is 25.6 Å². The van der Waals surface area contributed by atoms with Gasteiger partial charge in [-0.3, -0.25) is 14.9 Å². The van der Waals surface area contributed by atoms with Crippen molar-refractivity contribution < 1.29 is 28.7 Å². The number of nitrogens with one attached hydrogen (secondary N) is 1. The highest BCUT2D eigenvalue weighted by Crippen LogP contribution is 2.31. The van der Waals surface area contributed by atoms with E-state index in [-0.39, 0.29) is 38.0 Å². The molecule has 0 radical (unpaired) electrons. The predicted molar refractivity (Wildman–Crippen MR) is 113 cm³/mol. The SMILES string of the molecule is C.COC(=O)COc1ccc(Br)cc1[N+](=O)[O-].O=C1COc2ccc(Br)cc2N1. The molecule has 3 rings (SSSR count). The number of nitrogens with zero attached hydrogens (tertiary/aromatic N) is 1. The molecule has 0 spiro atoms. The minimum absolute atomic E-state index is 0. The summed E-state index contributed by atoms with van der Waals surface area (Å²) in [4.78, 5) is 31.8. The number of benzene rings is 2. The fourth-order valence-corrected chi connectivity index (χ4v) is 2.72. The minimum Gasteiger partial charge on any atom is -0.482 e. The molecule has 0 saturated heterocycles. The first kappa shape index (κ1) is 24.4. The van der Waals surface area contributed by atoms with Crippen LogP contribution in [0.3, 0.4) is 0 Å². The lowest BCUT2D eigenvalue weighted by molar-refractivity contribution is -0.385. The molecule has 1 aliphatic rings. The smallest absolute Gasteiger partial charge is 0.343 e. The van der Waals surface area contributed by atoms with Crippen LogP contribution in [0.2, 0.25) is 0 Å². The van der Waals surface area contributed by atoms with Crippen molar-refractivity contribution in [3.05, 3.63) is 55.5 Å². The third-order valence-corrected chi connectivity index (χ3v) is 4.25. The highest BCUT2D eigenvalue weighted by atomic mass is 79.9. The van der Waals surface area contributed by atoms with Crippen LogP contribution in [-0.2, 0) is 14.3 Å². The summed E-state index contributed by atoms with van der Waals surface area (Å²) in [7, 11) is 1.21. The zero-order valence-electron chi connectivity index (χ0n) is 14.4. The number of anilines is 1. The number of fused-ring (bicyclic) bond motifs is 1. The van der Waals surface area contributed by atoms with E-state index >= 15 is 0 Å². The average Bonchev–Trinajstić information content (AvgIpc) is 2.66. The Hall–Kier alpha value is -2.66. The number of esters is 1. The molecular weight excluding hydrogens is 516 g/mol. The number of nitro benzene ring substituents is 1. The first-order valence-electron chi connectivity index (χ1n) is 7.66. The molecule has 0 atom stereocenters. The van der Waals surface area contributed by atoms with Crippen LogP contribution in [0.15, 0.2) is 45.3 Å². The number of hydrogen-bond acceptors (Lipinski definition) is 7. The third kappa shape index (κ3) is 7.35. The molecule has 11 heteroatoms. The number of methoxy groups -OCH3 is 1. The Labute approximate surface area is 183 Å². The van der Waals surface area contributed by atoms with Gasteiger partial charge in [0.05, 0.1) is 17.7 Å². The molecule has 0 fully saturated rings. The number of halogens is 2. The van der Waals surface area contributed by atoms with Crippen LogP contribution in [0, 0.1) is 10.1 Å². The molecule has 0 unspecified atom stereocenters. The molecule has 1 amide bonds. The maximum absolute atomic E-state index is 10.9. The van der Waals surface area contributed by atoms with Crippen molar-refractivity contribution >= 4 is 55.1 Å². The van der Waals surface area contributed by atoms with Crippen molar-refractivity contribution in [2.24, 2.45) is 0 Å². The molecular formula is C18H18Br2N2O7. The first-order valence-corrected chi connectivity index (χ1v) is 9.24. The fourth-order valence-electron chi connectivity index (χ4n) is 2.01. The molecule has 2 aromatic carbocycles. The van der Waals surface area contributed by atoms with Gasteiger partial charge in [-0.15, -0.1) is 0 Å². The van der Waals surface area contributed by atoms with Gasteiger partial charge in [0.1, 0.15) is 5.75 Å². The lowest BCUT2D eigenvalue weighted by Crippen LogP contribution is -2.25. The summed E-state index contributed by atoms with van der Waals surface area (Å²) in [5.41, 5.74) is 0.513. The zero-order chi connectivity index (χ0) is 20.7. The van der Waals surface area contributed by atoms with E-state index in [0.29, 0.717) is 4.47 Å². The fraction of sp³-hybridized carbons (Fsp3) is 0.222. The van der Waals surface area contributed by atoms with Gasteiger partial charge in [-0.25, -0.2) is 4.79 Å². The van der Waals surface area contributed by atoms with Crippen molar-refractivity contribution in [1.29, 1.82) is 0 Å². The van der Waals surface area contributed by atoms with Crippen LogP contribution in [-0.4, -0.2) is 37.1 Å². The largest absolute Gasteiger partial charge is 0.482 e. The van der Waals surface area contributed by atoms with E-state index in [4.69, 9.17) is 9.47 Å². The molecule has 2 aromatic rings. The average molecular weight is 534 g/mol. The Bertz CT molecular complexity index is 906. The summed E-state index contributed by atoms with van der Waals surface area (Å²) < 4.78 is 16.0. The van der Waals surface area contributed by atoms with Crippen LogP contribution >= 0.6 is 31.9 Å². The monoisotopic (exact) mass is 532 g/mol. The number of amides is 1. The summed E-state index contributed by atoms with van der Waals surface area (Å²) >= 11 is 6.41. The van der Waals surface area contributed by atoms with Gasteiger partial charge >= 0.3 is 11.7 Å². The van der Waals surface area contributed by atoms with E-state index in [9.17, 15) is 19.7 Å². The van der Waals surface area contributed by atoms with Gasteiger partial charge in [0.2, 0.25) is 0 Å². The van der Waals surface area contributed by atoms with Gasteiger partial charge in [0.15, 0.2) is 19.0 Å². The lowest BCUT2D eigenvalue weighted by Gasteiger charge is -2.17. The Kier molecular flexibility index (Phi) is 9.56. The summed E-state index contributed by atoms with van der Waals surface area (Å²) in [6.07, 6.45) is 0. The highest BCUT2D eigenvalue weighted by molar-refractivity contribution is 9.10. The molecule has 1 heterocycles. The number of ether oxygens (including phenoxy) is 3. The normalized spacial score (nSPS) is 11.3. The van der Waals surface area contributed by atoms with E-state index in [0.717, 1.165) is 15.9 Å². The Balaban J connectivity index is 0.000000289. The molecule has 0 aliphatic carbocycles. The second-order valence-corrected chi connectivity index (χ2v) is 7.04. The molecule has 1 aliphatic heterocycles. The summed E-state index contributed by atoms with van der Waals surface area (Å²) in [5, 5.41) is 13.4. The van der Waals surface area contributed by atoms with Gasteiger partial charge in [-0.05, 0) is 30.3 Å². The maximum atomic E-state index is 10.9. The zero-order valence-corrected chi connectivity index (χ0v) is 17.6. The van der Waals surface area contributed by atoms with E-state index in [1.807, 2.05) is 18.2 Å². The molecule has 1 N–H and O–H groups in total. The molecule has 0 aromatic heterocycles. The molecule has 0 saturated carbocycles. The predicted octanol–water partition coefficient (Wildman–Crippen LogP) is 4.33. The summed E-state index contributed by atoms with van der Waals surface area (Å²) in [6, 6.07) is 9.79. The topological polar surface area (TPSA) is 117 Å². The third-order valence-electron chi connectivity index (χ3n) is 3.27. The van der Waals surface area contributed by atoms with Crippen molar-refractivity contribution in [2.45, 2.75) is 7.43 Å². The van der Waals surface area contributed by atoms with Crippen LogP contribution in [0.1, 0.15) is 7.43 Å². The lowest BCUT2D eigenvalue weighted by atomic mass is 10.2.